The molecule has 0 aliphatic carbocycles. The molecule has 1 aliphatic heterocycles. The highest BCUT2D eigenvalue weighted by molar-refractivity contribution is 6.42. The van der Waals surface area contributed by atoms with Crippen molar-refractivity contribution in [3.05, 3.63) is 91.5 Å². The number of methoxy groups -OCH3 is 1. The fourth-order valence-corrected chi connectivity index (χ4v) is 4.11. The molecule has 15 heteroatoms. The van der Waals surface area contributed by atoms with Crippen LogP contribution < -0.4 is 19.7 Å². The number of hydrogen-bond acceptors (Lipinski definition) is 7. The molecule has 0 aromatic heterocycles. The summed E-state index contributed by atoms with van der Waals surface area (Å²) in [6.07, 6.45) is -3.73. The number of benzene rings is 3. The Morgan fingerprint density at radius 3 is 2.33 bits per heavy atom. The van der Waals surface area contributed by atoms with Crippen LogP contribution in [0.15, 0.2) is 60.2 Å². The lowest BCUT2D eigenvalue weighted by molar-refractivity contribution is -0.385. The number of carbonyl (C=O) groups excluding carboxylic acids is 3. The van der Waals surface area contributed by atoms with Crippen LogP contribution in [0.1, 0.15) is 11.1 Å². The monoisotopic (exact) mass is 595 g/mol. The van der Waals surface area contributed by atoms with Crippen molar-refractivity contribution in [1.29, 1.82) is 0 Å². The number of nitro groups is 1. The first-order valence-corrected chi connectivity index (χ1v) is 11.6. The van der Waals surface area contributed by atoms with Gasteiger partial charge in [-0.2, -0.15) is 13.2 Å². The molecule has 0 atom stereocenters. The Bertz CT molecular complexity index is 1610. The smallest absolute Gasteiger partial charge is 0.416 e. The number of barbiturate groups is 1. The molecule has 0 saturated carbocycles. The number of para-hydroxylation sites is 1. The fraction of sp³-hybridized carbons (Fsp3) is 0.0800. The summed E-state index contributed by atoms with van der Waals surface area (Å²) in [4.78, 5) is 49.1. The van der Waals surface area contributed by atoms with Crippen molar-refractivity contribution in [2.24, 2.45) is 0 Å². The molecule has 4 rings (SSSR count). The van der Waals surface area contributed by atoms with Gasteiger partial charge in [0.2, 0.25) is 5.75 Å². The maximum Gasteiger partial charge on any atom is 0.416 e. The third kappa shape index (κ3) is 5.55. The molecular weight excluding hydrogens is 582 g/mol. The molecule has 10 nitrogen and oxygen atoms in total. The first-order chi connectivity index (χ1) is 18.8. The van der Waals surface area contributed by atoms with Crippen LogP contribution in [-0.2, 0) is 15.8 Å². The normalized spacial score (nSPS) is 14.8. The lowest BCUT2D eigenvalue weighted by Gasteiger charge is -2.27. The minimum Gasteiger partial charge on any atom is -0.493 e. The molecule has 0 spiro atoms. The second kappa shape index (κ2) is 10.9. The van der Waals surface area contributed by atoms with Crippen molar-refractivity contribution in [3.8, 4) is 17.2 Å². The molecule has 1 saturated heterocycles. The van der Waals surface area contributed by atoms with Crippen LogP contribution >= 0.6 is 23.2 Å². The number of halogens is 5. The maximum atomic E-state index is 13.1. The van der Waals surface area contributed by atoms with E-state index in [-0.39, 0.29) is 32.8 Å². The summed E-state index contributed by atoms with van der Waals surface area (Å²) in [6, 6.07) is 9.08. The molecule has 1 fully saturated rings. The van der Waals surface area contributed by atoms with Crippen LogP contribution in [0.3, 0.4) is 0 Å². The number of carbonyl (C=O) groups is 3. The second-order valence-electron chi connectivity index (χ2n) is 7.98. The summed E-state index contributed by atoms with van der Waals surface area (Å²) in [5.74, 6) is -2.98. The molecule has 1 aliphatic rings. The highest BCUT2D eigenvalue weighted by atomic mass is 35.5. The first kappa shape index (κ1) is 28.4. The number of nitro benzene ring substituents is 1. The van der Waals surface area contributed by atoms with Crippen molar-refractivity contribution in [1.82, 2.24) is 5.32 Å². The predicted molar refractivity (Wildman–Crippen MR) is 137 cm³/mol. The van der Waals surface area contributed by atoms with Crippen LogP contribution in [0.25, 0.3) is 6.08 Å². The van der Waals surface area contributed by atoms with Crippen molar-refractivity contribution in [2.75, 3.05) is 12.0 Å². The van der Waals surface area contributed by atoms with Crippen molar-refractivity contribution in [3.63, 3.8) is 0 Å². The zero-order valence-corrected chi connectivity index (χ0v) is 21.4. The van der Waals surface area contributed by atoms with Gasteiger partial charge in [-0.05, 0) is 48.0 Å². The van der Waals surface area contributed by atoms with Gasteiger partial charge in [-0.1, -0.05) is 35.3 Å². The van der Waals surface area contributed by atoms with Gasteiger partial charge < -0.3 is 9.47 Å². The number of alkyl halides is 3. The summed E-state index contributed by atoms with van der Waals surface area (Å²) < 4.78 is 49.8. The third-order valence-corrected chi connectivity index (χ3v) is 6.05. The quantitative estimate of drug-likeness (QED) is 0.151. The van der Waals surface area contributed by atoms with E-state index in [0.717, 1.165) is 12.1 Å². The van der Waals surface area contributed by atoms with Crippen LogP contribution in [0, 0.1) is 10.1 Å². The Balaban J connectivity index is 1.73. The third-order valence-electron chi connectivity index (χ3n) is 5.45. The van der Waals surface area contributed by atoms with E-state index in [1.54, 1.807) is 6.07 Å². The molecule has 0 unspecified atom stereocenters. The number of urea groups is 1. The van der Waals surface area contributed by atoms with Gasteiger partial charge in [0.15, 0.2) is 11.5 Å². The molecular formula is C25H14Cl2F3N3O7. The number of anilines is 1. The Morgan fingerprint density at radius 2 is 1.70 bits per heavy atom. The van der Waals surface area contributed by atoms with Gasteiger partial charge in [-0.25, -0.2) is 9.69 Å². The van der Waals surface area contributed by atoms with Gasteiger partial charge in [-0.15, -0.1) is 0 Å². The van der Waals surface area contributed by atoms with E-state index >= 15 is 0 Å². The lowest BCUT2D eigenvalue weighted by Crippen LogP contribution is -2.54. The van der Waals surface area contributed by atoms with Gasteiger partial charge in [0.25, 0.3) is 11.8 Å². The summed E-state index contributed by atoms with van der Waals surface area (Å²) in [7, 11) is 1.19. The lowest BCUT2D eigenvalue weighted by atomic mass is 10.1. The molecule has 206 valence electrons. The highest BCUT2D eigenvalue weighted by Crippen LogP contribution is 2.44. The molecule has 4 amide bonds. The Kier molecular flexibility index (Phi) is 7.71. The molecule has 0 bridgehead atoms. The van der Waals surface area contributed by atoms with Crippen LogP contribution in [0.2, 0.25) is 10.0 Å². The van der Waals surface area contributed by atoms with Crippen LogP contribution in [-0.4, -0.2) is 29.9 Å². The van der Waals surface area contributed by atoms with E-state index in [4.69, 9.17) is 32.7 Å². The van der Waals surface area contributed by atoms with Gasteiger partial charge in [0.1, 0.15) is 5.57 Å². The Morgan fingerprint density at radius 1 is 1.00 bits per heavy atom. The van der Waals surface area contributed by atoms with Gasteiger partial charge in [0, 0.05) is 6.07 Å². The molecule has 3 aromatic carbocycles. The van der Waals surface area contributed by atoms with Crippen LogP contribution in [0.5, 0.6) is 17.2 Å². The summed E-state index contributed by atoms with van der Waals surface area (Å²) >= 11 is 12.4. The van der Waals surface area contributed by atoms with Crippen molar-refractivity contribution < 1.29 is 42.0 Å². The average molecular weight is 596 g/mol. The number of nitrogens with zero attached hydrogens (tertiary/aromatic N) is 2. The second-order valence-corrected chi connectivity index (χ2v) is 8.80. The minimum absolute atomic E-state index is 0.0302. The van der Waals surface area contributed by atoms with E-state index in [1.807, 2.05) is 5.32 Å². The number of amides is 4. The van der Waals surface area contributed by atoms with Gasteiger partial charge >= 0.3 is 17.9 Å². The number of hydrogen-bond donors (Lipinski definition) is 1. The van der Waals surface area contributed by atoms with Gasteiger partial charge in [-0.3, -0.25) is 25.0 Å². The Hall–Kier alpha value is -4.62. The summed E-state index contributed by atoms with van der Waals surface area (Å²) in [6.45, 7) is 0. The topological polar surface area (TPSA) is 128 Å². The summed E-state index contributed by atoms with van der Waals surface area (Å²) in [5, 5.41) is 13.3. The SMILES string of the molecule is COc1cc(/C=C2\C(=O)NC(=O)N(c3ccccc3Cl)C2=O)cc(Cl)c1Oc1ccc(C(F)(F)F)cc1[N+](=O)[O-]. The Labute approximate surface area is 232 Å². The van der Waals surface area contributed by atoms with E-state index in [0.29, 0.717) is 17.0 Å². The molecule has 1 N–H and O–H groups in total. The largest absolute Gasteiger partial charge is 0.493 e. The van der Waals surface area contributed by atoms with Gasteiger partial charge in [0.05, 0.1) is 33.3 Å². The standard InChI is InChI=1S/C25H14Cl2F3N3O7/c1-39-20-10-12(8-14-22(34)31-24(36)32(23(14)35)17-5-3-2-4-15(17)26)9-16(27)21(20)40-19-7-6-13(25(28,29)30)11-18(19)33(37)38/h2-11H,1H3,(H,31,34,36)/b14-8+. The first-order valence-electron chi connectivity index (χ1n) is 10.9. The average Bonchev–Trinajstić information content (AvgIpc) is 2.88. The van der Waals surface area contributed by atoms with E-state index in [9.17, 15) is 37.7 Å². The predicted octanol–water partition coefficient (Wildman–Crippen LogP) is 6.39. The van der Waals surface area contributed by atoms with E-state index in [1.165, 1.54) is 37.4 Å². The van der Waals surface area contributed by atoms with E-state index in [2.05, 4.69) is 0 Å². The molecule has 3 aromatic rings. The van der Waals surface area contributed by atoms with Crippen LogP contribution in [0.4, 0.5) is 29.3 Å². The van der Waals surface area contributed by atoms with Crippen molar-refractivity contribution in [2.45, 2.75) is 6.18 Å². The molecule has 0 radical (unpaired) electrons. The van der Waals surface area contributed by atoms with Crippen molar-refractivity contribution >= 4 is 58.5 Å². The number of rotatable bonds is 6. The highest BCUT2D eigenvalue weighted by Gasteiger charge is 2.38. The zero-order valence-electron chi connectivity index (χ0n) is 19.9. The summed E-state index contributed by atoms with van der Waals surface area (Å²) in [5.41, 5.74) is -2.56. The fourth-order valence-electron chi connectivity index (χ4n) is 3.63. The number of nitrogens with one attached hydrogen (secondary N) is 1. The number of imide groups is 2. The molecule has 40 heavy (non-hydrogen) atoms. The van der Waals surface area contributed by atoms with E-state index < -0.39 is 51.5 Å². The number of ether oxygens (including phenoxy) is 2. The maximum absolute atomic E-state index is 13.1. The zero-order chi connectivity index (χ0) is 29.4. The minimum atomic E-state index is -4.83. The molecule has 1 heterocycles.